The third-order valence-corrected chi connectivity index (χ3v) is 4.78. The second kappa shape index (κ2) is 7.43. The molecule has 23 heavy (non-hydrogen) atoms. The van der Waals surface area contributed by atoms with Crippen LogP contribution in [0.15, 0.2) is 47.1 Å². The second-order valence-corrected chi connectivity index (χ2v) is 7.08. The molecule has 0 aliphatic carbocycles. The number of carbonyl (C=O) groups is 1. The zero-order valence-corrected chi connectivity index (χ0v) is 13.9. The van der Waals surface area contributed by atoms with E-state index in [1.807, 2.05) is 19.1 Å². The lowest BCUT2D eigenvalue weighted by atomic mass is 10.1. The summed E-state index contributed by atoms with van der Waals surface area (Å²) in [6.07, 6.45) is 1.51. The molecule has 2 rings (SSSR count). The number of nitrogens with one attached hydrogen (secondary N) is 2. The van der Waals surface area contributed by atoms with Crippen molar-refractivity contribution in [3.63, 3.8) is 0 Å². The fourth-order valence-electron chi connectivity index (χ4n) is 2.08. The van der Waals surface area contributed by atoms with Gasteiger partial charge >= 0.3 is 0 Å². The quantitative estimate of drug-likeness (QED) is 0.806. The van der Waals surface area contributed by atoms with Crippen LogP contribution in [0.5, 0.6) is 0 Å². The molecule has 2 aromatic rings. The number of amides is 1. The van der Waals surface area contributed by atoms with Crippen LogP contribution in [0.2, 0.25) is 0 Å². The van der Waals surface area contributed by atoms with E-state index < -0.39 is 22.0 Å². The van der Waals surface area contributed by atoms with Gasteiger partial charge in [0.05, 0.1) is 24.6 Å². The minimum atomic E-state index is -3.61. The highest BCUT2D eigenvalue weighted by molar-refractivity contribution is 7.88. The molecule has 0 saturated heterocycles. The van der Waals surface area contributed by atoms with E-state index in [1.165, 1.54) is 13.2 Å². The van der Waals surface area contributed by atoms with Crippen LogP contribution in [0.4, 0.5) is 0 Å². The lowest BCUT2D eigenvalue weighted by Gasteiger charge is -2.14. The summed E-state index contributed by atoms with van der Waals surface area (Å²) >= 11 is 0. The van der Waals surface area contributed by atoms with Gasteiger partial charge < -0.3 is 9.73 Å². The fourth-order valence-corrected chi connectivity index (χ4v) is 3.54. The lowest BCUT2D eigenvalue weighted by Crippen LogP contribution is -2.44. The lowest BCUT2D eigenvalue weighted by molar-refractivity contribution is -0.122. The van der Waals surface area contributed by atoms with E-state index in [0.29, 0.717) is 11.3 Å². The van der Waals surface area contributed by atoms with Gasteiger partial charge in [-0.1, -0.05) is 24.3 Å². The summed E-state index contributed by atoms with van der Waals surface area (Å²) in [6, 6.07) is 9.84. The smallest absolute Gasteiger partial charge is 0.238 e. The van der Waals surface area contributed by atoms with Gasteiger partial charge in [-0.3, -0.25) is 4.79 Å². The first kappa shape index (κ1) is 17.2. The maximum atomic E-state index is 12.2. The Labute approximate surface area is 135 Å². The van der Waals surface area contributed by atoms with Gasteiger partial charge in [-0.05, 0) is 37.1 Å². The van der Waals surface area contributed by atoms with E-state index >= 15 is 0 Å². The Morgan fingerprint density at radius 3 is 2.61 bits per heavy atom. The first-order valence-corrected chi connectivity index (χ1v) is 8.87. The highest BCUT2D eigenvalue weighted by atomic mass is 32.2. The molecule has 0 saturated carbocycles. The van der Waals surface area contributed by atoms with Gasteiger partial charge in [-0.25, -0.2) is 13.1 Å². The van der Waals surface area contributed by atoms with Crippen LogP contribution < -0.4 is 10.0 Å². The molecule has 0 bridgehead atoms. The Hall–Kier alpha value is -2.12. The van der Waals surface area contributed by atoms with Crippen LogP contribution in [0.3, 0.4) is 0 Å². The van der Waals surface area contributed by atoms with Crippen molar-refractivity contribution in [2.24, 2.45) is 0 Å². The Morgan fingerprint density at radius 1 is 1.22 bits per heavy atom. The molecule has 1 aromatic carbocycles. The summed E-state index contributed by atoms with van der Waals surface area (Å²) in [7, 11) is -3.61. The van der Waals surface area contributed by atoms with Gasteiger partial charge in [0.1, 0.15) is 5.76 Å². The summed E-state index contributed by atoms with van der Waals surface area (Å²) in [6.45, 7) is 3.58. The topological polar surface area (TPSA) is 88.4 Å². The molecule has 1 atom stereocenters. The van der Waals surface area contributed by atoms with Crippen molar-refractivity contribution in [2.45, 2.75) is 32.2 Å². The first-order valence-electron chi connectivity index (χ1n) is 7.22. The maximum Gasteiger partial charge on any atom is 0.238 e. The number of carbonyl (C=O) groups excluding carboxylic acids is 1. The molecule has 6 nitrogen and oxygen atoms in total. The molecule has 0 aliphatic rings. The molecule has 1 heterocycles. The summed E-state index contributed by atoms with van der Waals surface area (Å²) < 4.78 is 31.9. The largest absolute Gasteiger partial charge is 0.467 e. The average Bonchev–Trinajstić information content (AvgIpc) is 2.99. The van der Waals surface area contributed by atoms with Crippen LogP contribution in [-0.2, 0) is 27.1 Å². The normalized spacial score (nSPS) is 12.8. The minimum Gasteiger partial charge on any atom is -0.467 e. The van der Waals surface area contributed by atoms with Crippen LogP contribution in [0.25, 0.3) is 0 Å². The van der Waals surface area contributed by atoms with Gasteiger partial charge in [-0.15, -0.1) is 0 Å². The molecule has 124 valence electrons. The number of aryl methyl sites for hydroxylation is 1. The Kier molecular flexibility index (Phi) is 5.57. The third kappa shape index (κ3) is 5.22. The van der Waals surface area contributed by atoms with Crippen molar-refractivity contribution in [3.8, 4) is 0 Å². The van der Waals surface area contributed by atoms with E-state index in [9.17, 15) is 13.2 Å². The van der Waals surface area contributed by atoms with Crippen LogP contribution in [-0.4, -0.2) is 20.4 Å². The molecule has 1 amide bonds. The molecular weight excluding hydrogens is 316 g/mol. The Balaban J connectivity index is 1.91. The highest BCUT2D eigenvalue weighted by Gasteiger charge is 2.21. The van der Waals surface area contributed by atoms with Gasteiger partial charge in [0.2, 0.25) is 15.9 Å². The van der Waals surface area contributed by atoms with Gasteiger partial charge in [0.15, 0.2) is 0 Å². The zero-order chi connectivity index (χ0) is 16.9. The molecule has 1 aromatic heterocycles. The number of furan rings is 1. The fraction of sp³-hybridized carbons (Fsp3) is 0.312. The molecular formula is C16H20N2O4S. The van der Waals surface area contributed by atoms with Crippen molar-refractivity contribution in [3.05, 3.63) is 59.5 Å². The predicted octanol–water partition coefficient (Wildman–Crippen LogP) is 1.71. The van der Waals surface area contributed by atoms with E-state index in [2.05, 4.69) is 10.0 Å². The molecule has 0 aliphatic heterocycles. The van der Waals surface area contributed by atoms with Crippen molar-refractivity contribution in [2.75, 3.05) is 0 Å². The van der Waals surface area contributed by atoms with Crippen molar-refractivity contribution < 1.29 is 17.6 Å². The summed E-state index contributed by atoms with van der Waals surface area (Å²) in [5.41, 5.74) is 1.61. The Morgan fingerprint density at radius 2 is 1.96 bits per heavy atom. The molecule has 0 spiro atoms. The second-order valence-electron chi connectivity index (χ2n) is 5.32. The molecule has 0 unspecified atom stereocenters. The van der Waals surface area contributed by atoms with Gasteiger partial charge in [-0.2, -0.15) is 0 Å². The molecule has 7 heteroatoms. The van der Waals surface area contributed by atoms with Gasteiger partial charge in [0.25, 0.3) is 0 Å². The first-order chi connectivity index (χ1) is 10.9. The number of hydrogen-bond acceptors (Lipinski definition) is 4. The third-order valence-electron chi connectivity index (χ3n) is 3.37. The minimum absolute atomic E-state index is 0.157. The van der Waals surface area contributed by atoms with Crippen LogP contribution >= 0.6 is 0 Å². The van der Waals surface area contributed by atoms with Crippen molar-refractivity contribution in [1.82, 2.24) is 10.0 Å². The standard InChI is InChI=1S/C16H20N2O4S/c1-12-6-3-4-7-14(12)11-23(20,21)18-13(2)16(19)17-10-15-8-5-9-22-15/h3-9,13,18H,10-11H2,1-2H3,(H,17,19)/t13-/m0/s1. The number of rotatable bonds is 7. The van der Waals surface area contributed by atoms with E-state index in [-0.39, 0.29) is 12.3 Å². The highest BCUT2D eigenvalue weighted by Crippen LogP contribution is 2.11. The predicted molar refractivity (Wildman–Crippen MR) is 87.0 cm³/mol. The number of benzene rings is 1. The zero-order valence-electron chi connectivity index (χ0n) is 13.1. The van der Waals surface area contributed by atoms with E-state index in [4.69, 9.17) is 4.42 Å². The summed E-state index contributed by atoms with van der Waals surface area (Å²) in [5.74, 6) is 0.0400. The SMILES string of the molecule is Cc1ccccc1CS(=O)(=O)N[C@@H](C)C(=O)NCc1ccco1. The van der Waals surface area contributed by atoms with E-state index in [1.54, 1.807) is 24.3 Å². The summed E-state index contributed by atoms with van der Waals surface area (Å²) in [5, 5.41) is 2.62. The maximum absolute atomic E-state index is 12.2. The van der Waals surface area contributed by atoms with E-state index in [0.717, 1.165) is 5.56 Å². The number of sulfonamides is 1. The Bertz CT molecular complexity index is 754. The molecule has 2 N–H and O–H groups in total. The van der Waals surface area contributed by atoms with Gasteiger partial charge in [0, 0.05) is 0 Å². The average molecular weight is 336 g/mol. The van der Waals surface area contributed by atoms with Crippen molar-refractivity contribution in [1.29, 1.82) is 0 Å². The van der Waals surface area contributed by atoms with Crippen molar-refractivity contribution >= 4 is 15.9 Å². The molecule has 0 radical (unpaired) electrons. The number of hydrogen-bond donors (Lipinski definition) is 2. The monoisotopic (exact) mass is 336 g/mol. The van der Waals surface area contributed by atoms with Crippen LogP contribution in [0.1, 0.15) is 23.8 Å². The molecule has 0 fully saturated rings. The summed E-state index contributed by atoms with van der Waals surface area (Å²) in [4.78, 5) is 12.0. The van der Waals surface area contributed by atoms with Crippen LogP contribution in [0, 0.1) is 6.92 Å².